The molecule has 0 unspecified atom stereocenters. The summed E-state index contributed by atoms with van der Waals surface area (Å²) in [6.45, 7) is 4.39. The number of nitro groups is 1. The normalized spacial score (nSPS) is 17.8. The minimum Gasteiger partial charge on any atom is -0.330 e. The van der Waals surface area contributed by atoms with Crippen molar-refractivity contribution in [1.82, 2.24) is 4.90 Å². The van der Waals surface area contributed by atoms with E-state index in [4.69, 9.17) is 11.6 Å². The fourth-order valence-electron chi connectivity index (χ4n) is 3.54. The van der Waals surface area contributed by atoms with Crippen molar-refractivity contribution in [2.24, 2.45) is 0 Å². The molecule has 7 nitrogen and oxygen atoms in total. The molecule has 1 saturated heterocycles. The summed E-state index contributed by atoms with van der Waals surface area (Å²) in [5.41, 5.74) is 1.77. The summed E-state index contributed by atoms with van der Waals surface area (Å²) in [6.07, 6.45) is 0.341. The summed E-state index contributed by atoms with van der Waals surface area (Å²) < 4.78 is 24.0. The number of nitrogens with zero attached hydrogens (tertiary/aromatic N) is 2. The highest BCUT2D eigenvalue weighted by Crippen LogP contribution is 2.28. The van der Waals surface area contributed by atoms with Gasteiger partial charge in [-0.3, -0.25) is 14.9 Å². The summed E-state index contributed by atoms with van der Waals surface area (Å²) in [4.78, 5) is 25.3. The van der Waals surface area contributed by atoms with Gasteiger partial charge in [0.2, 0.25) is 0 Å². The molecular weight excluding hydrogens is 428 g/mol. The maximum atomic E-state index is 13.3. The third-order valence-corrected chi connectivity index (χ3v) is 7.37. The highest BCUT2D eigenvalue weighted by atomic mass is 35.5. The van der Waals surface area contributed by atoms with Gasteiger partial charge in [-0.15, -0.1) is 0 Å². The average Bonchev–Trinajstić information content (AvgIpc) is 3.05. The molecule has 1 aliphatic rings. The molecule has 0 N–H and O–H groups in total. The van der Waals surface area contributed by atoms with Crippen molar-refractivity contribution in [3.63, 3.8) is 0 Å². The highest BCUT2D eigenvalue weighted by Gasteiger charge is 2.35. The molecule has 2 aromatic rings. The van der Waals surface area contributed by atoms with E-state index in [-0.39, 0.29) is 34.3 Å². The van der Waals surface area contributed by atoms with Gasteiger partial charge in [-0.2, -0.15) is 0 Å². The molecule has 1 heterocycles. The number of sulfone groups is 1. The van der Waals surface area contributed by atoms with E-state index in [1.807, 2.05) is 24.3 Å². The summed E-state index contributed by atoms with van der Waals surface area (Å²) >= 11 is 5.86. The van der Waals surface area contributed by atoms with Gasteiger partial charge in [-0.1, -0.05) is 49.7 Å². The Morgan fingerprint density at radius 1 is 1.23 bits per heavy atom. The molecule has 1 fully saturated rings. The predicted molar refractivity (Wildman–Crippen MR) is 116 cm³/mol. The van der Waals surface area contributed by atoms with E-state index in [0.717, 1.165) is 17.2 Å². The third-order valence-electron chi connectivity index (χ3n) is 5.30. The van der Waals surface area contributed by atoms with Crippen LogP contribution in [0.4, 0.5) is 5.69 Å². The lowest BCUT2D eigenvalue weighted by Crippen LogP contribution is -2.40. The van der Waals surface area contributed by atoms with Crippen LogP contribution in [0.15, 0.2) is 42.5 Å². The van der Waals surface area contributed by atoms with Gasteiger partial charge in [-0.25, -0.2) is 8.42 Å². The second-order valence-electron chi connectivity index (χ2n) is 7.81. The largest absolute Gasteiger partial charge is 0.330 e. The fraction of sp³-hybridized carbons (Fsp3) is 0.381. The standard InChI is InChI=1S/C21H23ClN2O5S/c1-14(2)16-5-3-15(4-6-16)12-23(18-9-10-30(28,29)13-18)21(25)17-7-8-19(22)20(11-17)24(26)27/h3-8,11,14,18H,9-10,12-13H2,1-2H3/t18-/m0/s1. The van der Waals surface area contributed by atoms with Crippen LogP contribution in [0.1, 0.15) is 47.7 Å². The van der Waals surface area contributed by atoms with E-state index < -0.39 is 26.7 Å². The number of hydrogen-bond donors (Lipinski definition) is 0. The average molecular weight is 451 g/mol. The molecule has 30 heavy (non-hydrogen) atoms. The Kier molecular flexibility index (Phi) is 6.47. The number of rotatable bonds is 6. The topological polar surface area (TPSA) is 97.6 Å². The van der Waals surface area contributed by atoms with Gasteiger partial charge in [-0.05, 0) is 35.6 Å². The molecule has 0 aliphatic carbocycles. The Labute approximate surface area is 180 Å². The number of amides is 1. The smallest absolute Gasteiger partial charge is 0.288 e. The van der Waals surface area contributed by atoms with Gasteiger partial charge in [0.15, 0.2) is 9.84 Å². The van der Waals surface area contributed by atoms with Crippen LogP contribution < -0.4 is 0 Å². The molecule has 1 atom stereocenters. The predicted octanol–water partition coefficient (Wildman–Crippen LogP) is 4.20. The van der Waals surface area contributed by atoms with Crippen molar-refractivity contribution in [2.45, 2.75) is 38.8 Å². The number of hydrogen-bond acceptors (Lipinski definition) is 5. The van der Waals surface area contributed by atoms with Crippen molar-refractivity contribution in [3.8, 4) is 0 Å². The second kappa shape index (κ2) is 8.73. The molecule has 9 heteroatoms. The second-order valence-corrected chi connectivity index (χ2v) is 10.4. The Balaban J connectivity index is 1.94. The molecular formula is C21H23ClN2O5S. The van der Waals surface area contributed by atoms with Crippen molar-refractivity contribution in [1.29, 1.82) is 0 Å². The first-order valence-corrected chi connectivity index (χ1v) is 11.8. The van der Waals surface area contributed by atoms with Crippen LogP contribution in [0, 0.1) is 10.1 Å². The molecule has 0 radical (unpaired) electrons. The zero-order valence-corrected chi connectivity index (χ0v) is 18.3. The molecule has 160 valence electrons. The highest BCUT2D eigenvalue weighted by molar-refractivity contribution is 7.91. The number of carbonyl (C=O) groups excluding carboxylic acids is 1. The van der Waals surface area contributed by atoms with Gasteiger partial charge in [0.1, 0.15) is 5.02 Å². The summed E-state index contributed by atoms with van der Waals surface area (Å²) in [6, 6.07) is 11.2. The molecule has 0 aromatic heterocycles. The lowest BCUT2D eigenvalue weighted by molar-refractivity contribution is -0.384. The van der Waals surface area contributed by atoms with Gasteiger partial charge in [0.05, 0.1) is 16.4 Å². The zero-order chi connectivity index (χ0) is 22.1. The number of carbonyl (C=O) groups is 1. The van der Waals surface area contributed by atoms with E-state index in [1.54, 1.807) is 0 Å². The van der Waals surface area contributed by atoms with E-state index in [2.05, 4.69) is 13.8 Å². The van der Waals surface area contributed by atoms with Crippen molar-refractivity contribution < 1.29 is 18.1 Å². The van der Waals surface area contributed by atoms with Gasteiger partial charge >= 0.3 is 0 Å². The van der Waals surface area contributed by atoms with Crippen molar-refractivity contribution in [3.05, 3.63) is 74.3 Å². The Morgan fingerprint density at radius 2 is 1.90 bits per heavy atom. The number of benzene rings is 2. The molecule has 0 saturated carbocycles. The first-order valence-electron chi connectivity index (χ1n) is 9.61. The number of halogens is 1. The van der Waals surface area contributed by atoms with Crippen LogP contribution in [-0.4, -0.2) is 41.7 Å². The van der Waals surface area contributed by atoms with Crippen molar-refractivity contribution >= 4 is 33.0 Å². The third kappa shape index (κ3) is 4.99. The van der Waals surface area contributed by atoms with Crippen LogP contribution in [0.25, 0.3) is 0 Å². The monoisotopic (exact) mass is 450 g/mol. The maximum Gasteiger partial charge on any atom is 0.288 e. The van der Waals surface area contributed by atoms with Crippen molar-refractivity contribution in [2.75, 3.05) is 11.5 Å². The first kappa shape index (κ1) is 22.2. The summed E-state index contributed by atoms with van der Waals surface area (Å²) in [7, 11) is -3.22. The SMILES string of the molecule is CC(C)c1ccc(CN(C(=O)c2ccc(Cl)c([N+](=O)[O-])c2)[C@H]2CCS(=O)(=O)C2)cc1. The van der Waals surface area contributed by atoms with Crippen LogP contribution >= 0.6 is 11.6 Å². The van der Waals surface area contributed by atoms with Gasteiger partial charge in [0.25, 0.3) is 11.6 Å². The molecule has 2 aromatic carbocycles. The Hall–Kier alpha value is -2.45. The van der Waals surface area contributed by atoms with Gasteiger partial charge < -0.3 is 4.90 Å². The molecule has 0 spiro atoms. The van der Waals surface area contributed by atoms with E-state index in [0.29, 0.717) is 12.3 Å². The Morgan fingerprint density at radius 3 is 2.43 bits per heavy atom. The minimum atomic E-state index is -3.22. The van der Waals surface area contributed by atoms with E-state index in [9.17, 15) is 23.3 Å². The molecule has 0 bridgehead atoms. The molecule has 3 rings (SSSR count). The quantitative estimate of drug-likeness (QED) is 0.485. The van der Waals surface area contributed by atoms with E-state index >= 15 is 0 Å². The molecule has 1 aliphatic heterocycles. The minimum absolute atomic E-state index is 0.0223. The summed E-state index contributed by atoms with van der Waals surface area (Å²) in [5, 5.41) is 11.1. The lowest BCUT2D eigenvalue weighted by Gasteiger charge is -2.28. The van der Waals surface area contributed by atoms with Gasteiger partial charge in [0, 0.05) is 24.2 Å². The summed E-state index contributed by atoms with van der Waals surface area (Å²) in [5.74, 6) is -0.177. The van der Waals surface area contributed by atoms with Crippen LogP contribution in [0.3, 0.4) is 0 Å². The van der Waals surface area contributed by atoms with Crippen LogP contribution in [-0.2, 0) is 16.4 Å². The maximum absolute atomic E-state index is 13.3. The Bertz CT molecular complexity index is 1070. The fourth-order valence-corrected chi connectivity index (χ4v) is 5.46. The lowest BCUT2D eigenvalue weighted by atomic mass is 10.0. The van der Waals surface area contributed by atoms with Crippen LogP contribution in [0.5, 0.6) is 0 Å². The zero-order valence-electron chi connectivity index (χ0n) is 16.7. The van der Waals surface area contributed by atoms with E-state index in [1.165, 1.54) is 17.0 Å². The number of nitro benzene ring substituents is 1. The van der Waals surface area contributed by atoms with Crippen LogP contribution in [0.2, 0.25) is 5.02 Å². The first-order chi connectivity index (χ1) is 14.1. The molecule has 1 amide bonds.